The van der Waals surface area contributed by atoms with E-state index in [-0.39, 0.29) is 22.0 Å². The van der Waals surface area contributed by atoms with Gasteiger partial charge in [-0.25, -0.2) is 17.5 Å². The number of hydrogen-bond donors (Lipinski definition) is 1. The van der Waals surface area contributed by atoms with Gasteiger partial charge in [0.05, 0.1) is 40.1 Å². The zero-order chi connectivity index (χ0) is 22.3. The normalized spacial score (nSPS) is 16.9. The van der Waals surface area contributed by atoms with Gasteiger partial charge in [-0.1, -0.05) is 11.6 Å². The molecular weight excluding hydrogens is 432 g/mol. The number of carbonyl (C=O) groups excluding carboxylic acids is 3. The maximum atomic E-state index is 12.7. The average Bonchev–Trinajstić information content (AvgIpc) is 2.84. The summed E-state index contributed by atoms with van der Waals surface area (Å²) < 4.78 is 30.3. The van der Waals surface area contributed by atoms with E-state index >= 15 is 0 Å². The summed E-state index contributed by atoms with van der Waals surface area (Å²) in [6.45, 7) is 3.10. The number of benzene rings is 2. The van der Waals surface area contributed by atoms with Crippen LogP contribution >= 0.6 is 11.6 Å². The van der Waals surface area contributed by atoms with E-state index in [1.54, 1.807) is 13.8 Å². The average molecular weight is 451 g/mol. The molecule has 2 aromatic rings. The quantitative estimate of drug-likeness (QED) is 0.717. The fraction of sp³-hybridized carbons (Fsp3) is 0.250. The van der Waals surface area contributed by atoms with Crippen molar-refractivity contribution >= 4 is 50.8 Å². The SMILES string of the molecule is COC(=O)c1ccc(NC(=O)c2cc(N3C(=O)C(C)(C)CS3(=O)=O)ccc2Cl)cc1. The minimum Gasteiger partial charge on any atom is -0.465 e. The van der Waals surface area contributed by atoms with Crippen LogP contribution in [0.3, 0.4) is 0 Å². The van der Waals surface area contributed by atoms with Crippen molar-refractivity contribution in [3.8, 4) is 0 Å². The summed E-state index contributed by atoms with van der Waals surface area (Å²) in [5, 5.41) is 2.71. The van der Waals surface area contributed by atoms with Crippen molar-refractivity contribution in [2.24, 2.45) is 5.41 Å². The highest BCUT2D eigenvalue weighted by atomic mass is 35.5. The molecule has 0 aliphatic carbocycles. The molecule has 1 fully saturated rings. The first-order valence-corrected chi connectivity index (χ1v) is 10.8. The summed E-state index contributed by atoms with van der Waals surface area (Å²) >= 11 is 6.14. The van der Waals surface area contributed by atoms with Crippen molar-refractivity contribution in [3.63, 3.8) is 0 Å². The molecule has 10 heteroatoms. The molecule has 30 heavy (non-hydrogen) atoms. The molecule has 1 heterocycles. The van der Waals surface area contributed by atoms with Crippen LogP contribution in [-0.4, -0.2) is 39.1 Å². The monoisotopic (exact) mass is 450 g/mol. The van der Waals surface area contributed by atoms with Gasteiger partial charge in [-0.3, -0.25) is 9.59 Å². The van der Waals surface area contributed by atoms with Crippen LogP contribution in [0.5, 0.6) is 0 Å². The van der Waals surface area contributed by atoms with Crippen LogP contribution in [0, 0.1) is 5.41 Å². The number of esters is 1. The van der Waals surface area contributed by atoms with Crippen LogP contribution in [0.2, 0.25) is 5.02 Å². The zero-order valence-corrected chi connectivity index (χ0v) is 18.0. The first kappa shape index (κ1) is 21.8. The lowest BCUT2D eigenvalue weighted by molar-refractivity contribution is -0.123. The third kappa shape index (κ3) is 4.03. The summed E-state index contributed by atoms with van der Waals surface area (Å²) in [6.07, 6.45) is 0. The molecule has 0 saturated carbocycles. The number of hydrogen-bond acceptors (Lipinski definition) is 6. The minimum absolute atomic E-state index is 0.00100. The molecule has 0 atom stereocenters. The molecule has 0 spiro atoms. The van der Waals surface area contributed by atoms with Crippen molar-refractivity contribution in [3.05, 3.63) is 58.6 Å². The van der Waals surface area contributed by atoms with Crippen LogP contribution in [0.25, 0.3) is 0 Å². The topological polar surface area (TPSA) is 110 Å². The summed E-state index contributed by atoms with van der Waals surface area (Å²) in [4.78, 5) is 36.8. The van der Waals surface area contributed by atoms with Gasteiger partial charge in [-0.2, -0.15) is 0 Å². The highest BCUT2D eigenvalue weighted by Gasteiger charge is 2.50. The molecule has 0 unspecified atom stereocenters. The standard InChI is InChI=1S/C20H19ClN2O6S/c1-20(2)11-30(27,28)23(19(20)26)14-8-9-16(21)15(10-14)17(24)22-13-6-4-12(5-7-13)18(25)29-3/h4-10H,11H2,1-3H3,(H,22,24). The Morgan fingerprint density at radius 3 is 2.30 bits per heavy atom. The van der Waals surface area contributed by atoms with E-state index in [1.165, 1.54) is 49.6 Å². The highest BCUT2D eigenvalue weighted by Crippen LogP contribution is 2.37. The number of nitrogens with zero attached hydrogens (tertiary/aromatic N) is 1. The van der Waals surface area contributed by atoms with Crippen LogP contribution in [0.4, 0.5) is 11.4 Å². The van der Waals surface area contributed by atoms with Crippen LogP contribution in [0.15, 0.2) is 42.5 Å². The van der Waals surface area contributed by atoms with Gasteiger partial charge < -0.3 is 10.1 Å². The lowest BCUT2D eigenvalue weighted by Crippen LogP contribution is -2.33. The molecule has 2 amide bonds. The van der Waals surface area contributed by atoms with E-state index in [0.717, 1.165) is 0 Å². The Morgan fingerprint density at radius 1 is 1.13 bits per heavy atom. The Balaban J connectivity index is 1.89. The fourth-order valence-corrected chi connectivity index (χ4v) is 5.38. The van der Waals surface area contributed by atoms with Crippen molar-refractivity contribution in [1.82, 2.24) is 0 Å². The molecule has 158 valence electrons. The number of amides is 2. The third-order valence-corrected chi connectivity index (χ3v) is 6.93. The molecule has 2 aromatic carbocycles. The second kappa shape index (κ2) is 7.73. The number of anilines is 2. The largest absolute Gasteiger partial charge is 0.465 e. The number of nitrogens with one attached hydrogen (secondary N) is 1. The molecule has 0 radical (unpaired) electrons. The van der Waals surface area contributed by atoms with Gasteiger partial charge >= 0.3 is 5.97 Å². The highest BCUT2D eigenvalue weighted by molar-refractivity contribution is 7.94. The fourth-order valence-electron chi connectivity index (χ4n) is 3.08. The van der Waals surface area contributed by atoms with Crippen LogP contribution in [-0.2, 0) is 19.6 Å². The van der Waals surface area contributed by atoms with Gasteiger partial charge in [0, 0.05) is 5.69 Å². The summed E-state index contributed by atoms with van der Waals surface area (Å²) in [5.41, 5.74) is -0.321. The van der Waals surface area contributed by atoms with Crippen molar-refractivity contribution in [2.75, 3.05) is 22.5 Å². The Kier molecular flexibility index (Phi) is 5.62. The Morgan fingerprint density at radius 2 is 1.77 bits per heavy atom. The Bertz CT molecular complexity index is 1140. The van der Waals surface area contributed by atoms with Gasteiger partial charge in [0.1, 0.15) is 0 Å². The predicted molar refractivity (Wildman–Crippen MR) is 112 cm³/mol. The molecule has 0 bridgehead atoms. The van der Waals surface area contributed by atoms with E-state index in [4.69, 9.17) is 11.6 Å². The first-order chi connectivity index (χ1) is 14.0. The number of carbonyl (C=O) groups is 3. The van der Waals surface area contributed by atoms with Crippen LogP contribution < -0.4 is 9.62 Å². The first-order valence-electron chi connectivity index (χ1n) is 8.83. The van der Waals surface area contributed by atoms with Crippen molar-refractivity contribution < 1.29 is 27.5 Å². The number of methoxy groups -OCH3 is 1. The number of sulfonamides is 1. The molecular formula is C20H19ClN2O6S. The molecule has 1 N–H and O–H groups in total. The van der Waals surface area contributed by atoms with Gasteiger partial charge in [0.2, 0.25) is 15.9 Å². The molecule has 1 aliphatic rings. The minimum atomic E-state index is -3.86. The summed E-state index contributed by atoms with van der Waals surface area (Å²) in [5.74, 6) is -2.01. The van der Waals surface area contributed by atoms with Gasteiger partial charge in [0.25, 0.3) is 5.91 Å². The summed E-state index contributed by atoms with van der Waals surface area (Å²) in [6, 6.07) is 9.99. The van der Waals surface area contributed by atoms with Gasteiger partial charge in [-0.15, -0.1) is 0 Å². The molecule has 0 aromatic heterocycles. The second-order valence-corrected chi connectivity index (χ2v) is 9.62. The molecule has 1 saturated heterocycles. The number of halogens is 1. The third-order valence-electron chi connectivity index (χ3n) is 4.58. The Hall–Kier alpha value is -2.91. The predicted octanol–water partition coefficient (Wildman–Crippen LogP) is 3.08. The summed E-state index contributed by atoms with van der Waals surface area (Å²) in [7, 11) is -2.60. The molecule has 1 aliphatic heterocycles. The lowest BCUT2D eigenvalue weighted by atomic mass is 9.95. The zero-order valence-electron chi connectivity index (χ0n) is 16.4. The van der Waals surface area contributed by atoms with Gasteiger partial charge in [0.15, 0.2) is 0 Å². The van der Waals surface area contributed by atoms with Gasteiger partial charge in [-0.05, 0) is 56.3 Å². The lowest BCUT2D eigenvalue weighted by Gasteiger charge is -2.18. The molecule has 8 nitrogen and oxygen atoms in total. The number of rotatable bonds is 4. The van der Waals surface area contributed by atoms with Crippen molar-refractivity contribution in [1.29, 1.82) is 0 Å². The Labute approximate surface area is 178 Å². The van der Waals surface area contributed by atoms with Crippen LogP contribution in [0.1, 0.15) is 34.6 Å². The smallest absolute Gasteiger partial charge is 0.337 e. The maximum Gasteiger partial charge on any atom is 0.337 e. The van der Waals surface area contributed by atoms with E-state index in [0.29, 0.717) is 15.6 Å². The van der Waals surface area contributed by atoms with E-state index in [1.807, 2.05) is 0 Å². The van der Waals surface area contributed by atoms with E-state index < -0.39 is 33.2 Å². The number of ether oxygens (including phenoxy) is 1. The maximum absolute atomic E-state index is 12.7. The molecule has 3 rings (SSSR count). The van der Waals surface area contributed by atoms with Crippen molar-refractivity contribution in [2.45, 2.75) is 13.8 Å². The second-order valence-electron chi connectivity index (χ2n) is 7.40. The van der Waals surface area contributed by atoms with E-state index in [9.17, 15) is 22.8 Å². The van der Waals surface area contributed by atoms with E-state index in [2.05, 4.69) is 10.1 Å².